The highest BCUT2D eigenvalue weighted by atomic mass is 15.4. The summed E-state index contributed by atoms with van der Waals surface area (Å²) in [6.45, 7) is 3.83. The van der Waals surface area contributed by atoms with Crippen LogP contribution in [0.15, 0.2) is 36.7 Å². The van der Waals surface area contributed by atoms with Gasteiger partial charge in [0.2, 0.25) is 0 Å². The average Bonchev–Trinajstić information content (AvgIpc) is 2.81. The fourth-order valence-electron chi connectivity index (χ4n) is 2.01. The van der Waals surface area contributed by atoms with Crippen molar-refractivity contribution in [1.82, 2.24) is 24.7 Å². The number of pyridine rings is 1. The van der Waals surface area contributed by atoms with Crippen molar-refractivity contribution in [3.8, 4) is 17.2 Å². The van der Waals surface area contributed by atoms with Crippen molar-refractivity contribution in [3.05, 3.63) is 48.0 Å². The van der Waals surface area contributed by atoms with Crippen LogP contribution >= 0.6 is 0 Å². The summed E-state index contributed by atoms with van der Waals surface area (Å²) >= 11 is 0. The lowest BCUT2D eigenvalue weighted by atomic mass is 10.2. The second-order valence-electron chi connectivity index (χ2n) is 4.56. The standard InChI is InChI=1S/C14H14N6/c1-9-6-10(2)18-14(17-9)20-13(15)7-12(19-20)11-4-3-5-16-8-11/h3-8H,15H2,1-2H3. The molecule has 0 unspecified atom stereocenters. The summed E-state index contributed by atoms with van der Waals surface area (Å²) in [5, 5.41) is 4.46. The molecule has 0 aliphatic rings. The maximum Gasteiger partial charge on any atom is 0.252 e. The quantitative estimate of drug-likeness (QED) is 0.766. The fourth-order valence-corrected chi connectivity index (χ4v) is 2.01. The third kappa shape index (κ3) is 2.23. The molecule has 6 nitrogen and oxygen atoms in total. The maximum atomic E-state index is 6.01. The summed E-state index contributed by atoms with van der Waals surface area (Å²) in [5.41, 5.74) is 9.42. The van der Waals surface area contributed by atoms with E-state index in [1.54, 1.807) is 23.1 Å². The van der Waals surface area contributed by atoms with Crippen molar-refractivity contribution >= 4 is 5.82 Å². The Labute approximate surface area is 116 Å². The van der Waals surface area contributed by atoms with Gasteiger partial charge in [-0.1, -0.05) is 0 Å². The molecule has 0 spiro atoms. The predicted molar refractivity (Wildman–Crippen MR) is 76.3 cm³/mol. The van der Waals surface area contributed by atoms with Gasteiger partial charge in [-0.25, -0.2) is 9.97 Å². The Morgan fingerprint density at radius 3 is 2.50 bits per heavy atom. The first-order valence-electron chi connectivity index (χ1n) is 6.22. The van der Waals surface area contributed by atoms with Gasteiger partial charge in [0, 0.05) is 35.4 Å². The second kappa shape index (κ2) is 4.73. The molecule has 3 aromatic rings. The Kier molecular flexibility index (Phi) is 2.90. The summed E-state index contributed by atoms with van der Waals surface area (Å²) < 4.78 is 1.54. The highest BCUT2D eigenvalue weighted by Crippen LogP contribution is 2.21. The van der Waals surface area contributed by atoms with Gasteiger partial charge in [-0.2, -0.15) is 9.78 Å². The summed E-state index contributed by atoms with van der Waals surface area (Å²) in [4.78, 5) is 12.8. The number of nitrogens with two attached hydrogens (primary N) is 1. The van der Waals surface area contributed by atoms with Gasteiger partial charge in [-0.3, -0.25) is 4.98 Å². The van der Waals surface area contributed by atoms with E-state index in [4.69, 9.17) is 5.73 Å². The van der Waals surface area contributed by atoms with Gasteiger partial charge in [-0.15, -0.1) is 0 Å². The van der Waals surface area contributed by atoms with Gasteiger partial charge in [0.25, 0.3) is 5.95 Å². The van der Waals surface area contributed by atoms with Crippen LogP contribution < -0.4 is 5.73 Å². The van der Waals surface area contributed by atoms with Gasteiger partial charge in [0.05, 0.1) is 5.69 Å². The largest absolute Gasteiger partial charge is 0.383 e. The third-order valence-corrected chi connectivity index (χ3v) is 2.85. The number of anilines is 1. The molecule has 3 rings (SSSR count). The second-order valence-corrected chi connectivity index (χ2v) is 4.56. The highest BCUT2D eigenvalue weighted by molar-refractivity contribution is 5.62. The number of hydrogen-bond donors (Lipinski definition) is 1. The van der Waals surface area contributed by atoms with Gasteiger partial charge in [-0.05, 0) is 32.0 Å². The molecule has 0 saturated carbocycles. The monoisotopic (exact) mass is 266 g/mol. The van der Waals surface area contributed by atoms with Gasteiger partial charge < -0.3 is 5.73 Å². The first kappa shape index (κ1) is 12.3. The van der Waals surface area contributed by atoms with Crippen LogP contribution in [0.2, 0.25) is 0 Å². The summed E-state index contributed by atoms with van der Waals surface area (Å²) in [7, 11) is 0. The van der Waals surface area contributed by atoms with E-state index in [9.17, 15) is 0 Å². The zero-order valence-electron chi connectivity index (χ0n) is 11.3. The zero-order valence-corrected chi connectivity index (χ0v) is 11.3. The Morgan fingerprint density at radius 2 is 1.85 bits per heavy atom. The van der Waals surface area contributed by atoms with Gasteiger partial charge in [0.1, 0.15) is 5.82 Å². The molecule has 2 N–H and O–H groups in total. The first-order chi connectivity index (χ1) is 9.63. The van der Waals surface area contributed by atoms with Crippen LogP contribution in [-0.4, -0.2) is 24.7 Å². The van der Waals surface area contributed by atoms with Gasteiger partial charge in [0.15, 0.2) is 0 Å². The molecule has 100 valence electrons. The Morgan fingerprint density at radius 1 is 1.10 bits per heavy atom. The number of aromatic nitrogens is 5. The van der Waals surface area contributed by atoms with Crippen LogP contribution in [0.1, 0.15) is 11.4 Å². The Balaban J connectivity index is 2.09. The molecule has 0 amide bonds. The normalized spacial score (nSPS) is 10.7. The van der Waals surface area contributed by atoms with Crippen LogP contribution in [0.3, 0.4) is 0 Å². The molecule has 0 aromatic carbocycles. The van der Waals surface area contributed by atoms with Crippen molar-refractivity contribution in [2.75, 3.05) is 5.73 Å². The lowest BCUT2D eigenvalue weighted by molar-refractivity contribution is 0.805. The molecular weight excluding hydrogens is 252 g/mol. The molecule has 0 radical (unpaired) electrons. The average molecular weight is 266 g/mol. The van der Waals surface area contributed by atoms with E-state index in [1.165, 1.54) is 0 Å². The smallest absolute Gasteiger partial charge is 0.252 e. The predicted octanol–water partition coefficient (Wildman–Crippen LogP) is 1.92. The van der Waals surface area contributed by atoms with Crippen LogP contribution in [0.25, 0.3) is 17.2 Å². The summed E-state index contributed by atoms with van der Waals surface area (Å²) in [6, 6.07) is 7.49. The minimum absolute atomic E-state index is 0.482. The molecule has 3 aromatic heterocycles. The van der Waals surface area contributed by atoms with Crippen LogP contribution in [0.5, 0.6) is 0 Å². The topological polar surface area (TPSA) is 82.5 Å². The fraction of sp³-hybridized carbons (Fsp3) is 0.143. The SMILES string of the molecule is Cc1cc(C)nc(-n2nc(-c3cccnc3)cc2N)n1. The minimum atomic E-state index is 0.482. The first-order valence-corrected chi connectivity index (χ1v) is 6.22. The highest BCUT2D eigenvalue weighted by Gasteiger charge is 2.11. The molecule has 0 bridgehead atoms. The van der Waals surface area contributed by atoms with E-state index in [2.05, 4.69) is 20.1 Å². The molecule has 0 saturated heterocycles. The number of rotatable bonds is 2. The van der Waals surface area contributed by atoms with Crippen molar-refractivity contribution in [2.24, 2.45) is 0 Å². The van der Waals surface area contributed by atoms with E-state index < -0.39 is 0 Å². The molecule has 20 heavy (non-hydrogen) atoms. The van der Waals surface area contributed by atoms with E-state index in [1.807, 2.05) is 32.0 Å². The maximum absolute atomic E-state index is 6.01. The summed E-state index contributed by atoms with van der Waals surface area (Å²) in [6.07, 6.45) is 3.46. The zero-order chi connectivity index (χ0) is 14.1. The number of nitrogens with zero attached hydrogens (tertiary/aromatic N) is 5. The van der Waals surface area contributed by atoms with E-state index >= 15 is 0 Å². The molecule has 6 heteroatoms. The molecule has 0 fully saturated rings. The molecule has 3 heterocycles. The lowest BCUT2D eigenvalue weighted by Crippen LogP contribution is -2.08. The van der Waals surface area contributed by atoms with Crippen LogP contribution in [-0.2, 0) is 0 Å². The molecule has 0 aliphatic carbocycles. The molecule has 0 aliphatic heterocycles. The molecular formula is C14H14N6. The van der Waals surface area contributed by atoms with Crippen molar-refractivity contribution in [2.45, 2.75) is 13.8 Å². The lowest BCUT2D eigenvalue weighted by Gasteiger charge is -2.04. The summed E-state index contributed by atoms with van der Waals surface area (Å²) in [5.74, 6) is 0.976. The van der Waals surface area contributed by atoms with Gasteiger partial charge >= 0.3 is 0 Å². The van der Waals surface area contributed by atoms with Crippen LogP contribution in [0.4, 0.5) is 5.82 Å². The third-order valence-electron chi connectivity index (χ3n) is 2.85. The Hall–Kier alpha value is -2.76. The van der Waals surface area contributed by atoms with Crippen molar-refractivity contribution in [3.63, 3.8) is 0 Å². The van der Waals surface area contributed by atoms with E-state index in [0.717, 1.165) is 22.6 Å². The minimum Gasteiger partial charge on any atom is -0.383 e. The van der Waals surface area contributed by atoms with E-state index in [-0.39, 0.29) is 0 Å². The number of hydrogen-bond acceptors (Lipinski definition) is 5. The number of nitrogen functional groups attached to an aromatic ring is 1. The number of aryl methyl sites for hydroxylation is 2. The van der Waals surface area contributed by atoms with Crippen molar-refractivity contribution < 1.29 is 0 Å². The van der Waals surface area contributed by atoms with Crippen molar-refractivity contribution in [1.29, 1.82) is 0 Å². The van der Waals surface area contributed by atoms with Crippen LogP contribution in [0, 0.1) is 13.8 Å². The van der Waals surface area contributed by atoms with E-state index in [0.29, 0.717) is 11.8 Å². The molecule has 0 atom stereocenters. The Bertz CT molecular complexity index is 727.